The molecule has 3 nitrogen and oxygen atoms in total. The second kappa shape index (κ2) is 4.82. The molecule has 1 aliphatic rings. The van der Waals surface area contributed by atoms with Gasteiger partial charge in [-0.25, -0.2) is 0 Å². The molecule has 1 amide bonds. The Balaban J connectivity index is 2.12. The van der Waals surface area contributed by atoms with Crippen LogP contribution in [0.1, 0.15) is 13.3 Å². The number of hydrogen-bond donors (Lipinski definition) is 1. The molecule has 2 unspecified atom stereocenters. The van der Waals surface area contributed by atoms with Crippen LogP contribution in [0.2, 0.25) is 0 Å². The van der Waals surface area contributed by atoms with Gasteiger partial charge in [-0.05, 0) is 13.3 Å². The molecule has 1 saturated heterocycles. The van der Waals surface area contributed by atoms with Crippen LogP contribution in [-0.4, -0.2) is 30.5 Å². The number of alkyl halides is 1. The smallest absolute Gasteiger partial charge is 0.233 e. The predicted octanol–water partition coefficient (Wildman–Crippen LogP) is 0.922. The largest absolute Gasteiger partial charge is 0.381 e. The summed E-state index contributed by atoms with van der Waals surface area (Å²) in [7, 11) is 0. The fraction of sp³-hybridized carbons (Fsp3) is 0.875. The van der Waals surface area contributed by atoms with Crippen molar-refractivity contribution in [1.82, 2.24) is 5.32 Å². The summed E-state index contributed by atoms with van der Waals surface area (Å²) in [5.74, 6) is 0.571. The van der Waals surface area contributed by atoms with Gasteiger partial charge in [-0.3, -0.25) is 4.79 Å². The second-order valence-electron chi connectivity index (χ2n) is 3.09. The molecule has 0 aromatic rings. The molecule has 0 bridgehead atoms. The number of ether oxygens (including phenoxy) is 1. The van der Waals surface area contributed by atoms with Gasteiger partial charge in [0.25, 0.3) is 0 Å². The van der Waals surface area contributed by atoms with Gasteiger partial charge in [-0.15, -0.1) is 0 Å². The van der Waals surface area contributed by atoms with Crippen LogP contribution in [0.25, 0.3) is 0 Å². The minimum atomic E-state index is -0.0974. The van der Waals surface area contributed by atoms with E-state index in [1.807, 2.05) is 6.92 Å². The normalized spacial score (nSPS) is 25.3. The average Bonchev–Trinajstić information content (AvgIpc) is 2.51. The Morgan fingerprint density at radius 3 is 3.08 bits per heavy atom. The highest BCUT2D eigenvalue weighted by atomic mass is 79.9. The molecule has 0 saturated carbocycles. The SMILES string of the molecule is CC(Br)C(=O)NCC1CCOC1. The van der Waals surface area contributed by atoms with Crippen LogP contribution in [0.15, 0.2) is 0 Å². The van der Waals surface area contributed by atoms with E-state index < -0.39 is 0 Å². The average molecular weight is 236 g/mol. The topological polar surface area (TPSA) is 38.3 Å². The highest BCUT2D eigenvalue weighted by Gasteiger charge is 2.17. The monoisotopic (exact) mass is 235 g/mol. The minimum absolute atomic E-state index is 0.0573. The van der Waals surface area contributed by atoms with E-state index in [0.717, 1.165) is 26.2 Å². The van der Waals surface area contributed by atoms with Gasteiger partial charge < -0.3 is 10.1 Å². The lowest BCUT2D eigenvalue weighted by Gasteiger charge is -2.10. The molecule has 1 aliphatic heterocycles. The summed E-state index contributed by atoms with van der Waals surface area (Å²) in [6.07, 6.45) is 1.07. The van der Waals surface area contributed by atoms with E-state index in [2.05, 4.69) is 21.2 Å². The quantitative estimate of drug-likeness (QED) is 0.740. The lowest BCUT2D eigenvalue weighted by atomic mass is 10.1. The third-order valence-corrected chi connectivity index (χ3v) is 2.37. The van der Waals surface area contributed by atoms with Crippen LogP contribution in [0.3, 0.4) is 0 Å². The number of nitrogens with one attached hydrogen (secondary N) is 1. The first-order chi connectivity index (χ1) is 5.70. The van der Waals surface area contributed by atoms with Crippen LogP contribution in [0, 0.1) is 5.92 Å². The lowest BCUT2D eigenvalue weighted by Crippen LogP contribution is -2.33. The molecule has 1 N–H and O–H groups in total. The van der Waals surface area contributed by atoms with Crippen LogP contribution < -0.4 is 5.32 Å². The van der Waals surface area contributed by atoms with Gasteiger partial charge in [0.2, 0.25) is 5.91 Å². The zero-order valence-corrected chi connectivity index (χ0v) is 8.76. The van der Waals surface area contributed by atoms with Crippen molar-refractivity contribution < 1.29 is 9.53 Å². The van der Waals surface area contributed by atoms with Gasteiger partial charge in [0.1, 0.15) is 0 Å². The molecule has 1 rings (SSSR count). The molecular weight excluding hydrogens is 222 g/mol. The maximum Gasteiger partial charge on any atom is 0.233 e. The van der Waals surface area contributed by atoms with E-state index in [0.29, 0.717) is 5.92 Å². The van der Waals surface area contributed by atoms with Crippen molar-refractivity contribution in [2.75, 3.05) is 19.8 Å². The van der Waals surface area contributed by atoms with E-state index >= 15 is 0 Å². The van der Waals surface area contributed by atoms with Gasteiger partial charge in [-0.1, -0.05) is 15.9 Å². The Morgan fingerprint density at radius 1 is 1.83 bits per heavy atom. The first-order valence-electron chi connectivity index (χ1n) is 4.19. The standard InChI is InChI=1S/C8H14BrNO2/c1-6(9)8(11)10-4-7-2-3-12-5-7/h6-7H,2-5H2,1H3,(H,10,11). The molecule has 1 heterocycles. The fourth-order valence-electron chi connectivity index (χ4n) is 1.13. The van der Waals surface area contributed by atoms with E-state index in [1.54, 1.807) is 0 Å². The van der Waals surface area contributed by atoms with Crippen molar-refractivity contribution >= 4 is 21.8 Å². The number of carbonyl (C=O) groups is 1. The van der Waals surface area contributed by atoms with E-state index in [9.17, 15) is 4.79 Å². The number of hydrogen-bond acceptors (Lipinski definition) is 2. The summed E-state index contributed by atoms with van der Waals surface area (Å²) in [5, 5.41) is 2.86. The first-order valence-corrected chi connectivity index (χ1v) is 5.11. The summed E-state index contributed by atoms with van der Waals surface area (Å²) < 4.78 is 5.19. The van der Waals surface area contributed by atoms with Crippen LogP contribution in [0.5, 0.6) is 0 Å². The zero-order valence-electron chi connectivity index (χ0n) is 7.18. The highest BCUT2D eigenvalue weighted by molar-refractivity contribution is 9.10. The molecular formula is C8H14BrNO2. The summed E-state index contributed by atoms with van der Waals surface area (Å²) in [5.41, 5.74) is 0. The molecule has 0 aromatic carbocycles. The fourth-order valence-corrected chi connectivity index (χ4v) is 1.29. The molecule has 12 heavy (non-hydrogen) atoms. The van der Waals surface area contributed by atoms with Crippen LogP contribution in [0.4, 0.5) is 0 Å². The molecule has 1 fully saturated rings. The zero-order chi connectivity index (χ0) is 8.97. The molecule has 0 spiro atoms. The Hall–Kier alpha value is -0.0900. The van der Waals surface area contributed by atoms with Crippen molar-refractivity contribution in [3.05, 3.63) is 0 Å². The molecule has 0 aromatic heterocycles. The summed E-state index contributed by atoms with van der Waals surface area (Å²) >= 11 is 3.21. The Bertz CT molecular complexity index is 155. The van der Waals surface area contributed by atoms with Gasteiger partial charge in [0.15, 0.2) is 0 Å². The molecule has 2 atom stereocenters. The number of carbonyl (C=O) groups excluding carboxylic acids is 1. The first kappa shape index (κ1) is 9.99. The van der Waals surface area contributed by atoms with Crippen molar-refractivity contribution in [1.29, 1.82) is 0 Å². The second-order valence-corrected chi connectivity index (χ2v) is 4.46. The number of amides is 1. The van der Waals surface area contributed by atoms with Gasteiger partial charge in [-0.2, -0.15) is 0 Å². The van der Waals surface area contributed by atoms with Crippen molar-refractivity contribution in [2.24, 2.45) is 5.92 Å². The molecule has 0 aliphatic carbocycles. The van der Waals surface area contributed by atoms with Gasteiger partial charge in [0, 0.05) is 19.1 Å². The summed E-state index contributed by atoms with van der Waals surface area (Å²) in [4.78, 5) is 11.0. The lowest BCUT2D eigenvalue weighted by molar-refractivity contribution is -0.120. The number of halogens is 1. The van der Waals surface area contributed by atoms with E-state index in [1.165, 1.54) is 0 Å². The summed E-state index contributed by atoms with van der Waals surface area (Å²) in [6, 6.07) is 0. The van der Waals surface area contributed by atoms with Gasteiger partial charge >= 0.3 is 0 Å². The van der Waals surface area contributed by atoms with Crippen molar-refractivity contribution in [3.63, 3.8) is 0 Å². The molecule has 70 valence electrons. The van der Waals surface area contributed by atoms with Gasteiger partial charge in [0.05, 0.1) is 11.4 Å². The predicted molar refractivity (Wildman–Crippen MR) is 50.3 cm³/mol. The van der Waals surface area contributed by atoms with Crippen molar-refractivity contribution in [2.45, 2.75) is 18.2 Å². The molecule has 4 heteroatoms. The molecule has 0 radical (unpaired) electrons. The van der Waals surface area contributed by atoms with E-state index in [-0.39, 0.29) is 10.7 Å². The minimum Gasteiger partial charge on any atom is -0.381 e. The van der Waals surface area contributed by atoms with E-state index in [4.69, 9.17) is 4.74 Å². The maximum absolute atomic E-state index is 11.1. The summed E-state index contributed by atoms with van der Waals surface area (Å²) in [6.45, 7) is 4.19. The Morgan fingerprint density at radius 2 is 2.58 bits per heavy atom. The maximum atomic E-state index is 11.1. The highest BCUT2D eigenvalue weighted by Crippen LogP contribution is 2.10. The van der Waals surface area contributed by atoms with Crippen LogP contribution in [-0.2, 0) is 9.53 Å². The Labute approximate surface area is 81.0 Å². The van der Waals surface area contributed by atoms with Crippen molar-refractivity contribution in [3.8, 4) is 0 Å². The third-order valence-electron chi connectivity index (χ3n) is 1.95. The Kier molecular flexibility index (Phi) is 4.01. The third kappa shape index (κ3) is 3.11. The number of rotatable bonds is 3. The van der Waals surface area contributed by atoms with Crippen LogP contribution >= 0.6 is 15.9 Å².